The van der Waals surface area contributed by atoms with Gasteiger partial charge in [-0.1, -0.05) is 166 Å². The molecule has 0 bridgehead atoms. The summed E-state index contributed by atoms with van der Waals surface area (Å²) < 4.78 is 34.0. The molecule has 0 aliphatic carbocycles. The standard InChI is InChI=1S/C48H90NO8P/c1-6-8-10-12-14-16-18-20-22-23-24-25-27-29-31-33-35-37-39-41-48(51)57-46(45-56-58(52,53)55-43-42-49(3,4)5)44-54-47(50)40-38-36-34-32-30-28-26-21-19-17-15-13-11-9-7-2/h13-16,20,22,46H,6-12,17-19,21,23-45H2,1-5H3/b15-13+,16-14+,22-20+/t46-/m1/s1. The number of esters is 2. The van der Waals surface area contributed by atoms with E-state index >= 15 is 0 Å². The predicted octanol–water partition coefficient (Wildman–Crippen LogP) is 13.1. The number of allylic oxidation sites excluding steroid dienone is 6. The van der Waals surface area contributed by atoms with Gasteiger partial charge in [-0.3, -0.25) is 14.2 Å². The summed E-state index contributed by atoms with van der Waals surface area (Å²) >= 11 is 0. The molecule has 0 fully saturated rings. The molecule has 0 spiro atoms. The van der Waals surface area contributed by atoms with Crippen LogP contribution in [0.25, 0.3) is 0 Å². The molecule has 0 radical (unpaired) electrons. The van der Waals surface area contributed by atoms with Gasteiger partial charge >= 0.3 is 11.9 Å². The number of hydrogen-bond acceptors (Lipinski definition) is 8. The maximum Gasteiger partial charge on any atom is 0.306 e. The highest BCUT2D eigenvalue weighted by atomic mass is 31.2. The molecule has 58 heavy (non-hydrogen) atoms. The first-order valence-electron chi connectivity index (χ1n) is 23.7. The molecule has 0 amide bonds. The summed E-state index contributed by atoms with van der Waals surface area (Å²) in [5.74, 6) is -0.838. The maximum atomic E-state index is 12.7. The van der Waals surface area contributed by atoms with Crippen molar-refractivity contribution in [3.05, 3.63) is 36.5 Å². The van der Waals surface area contributed by atoms with Gasteiger partial charge in [0.1, 0.15) is 19.8 Å². The molecular formula is C48H90NO8P. The van der Waals surface area contributed by atoms with Gasteiger partial charge in [-0.25, -0.2) is 0 Å². The first-order chi connectivity index (χ1) is 28.0. The summed E-state index contributed by atoms with van der Waals surface area (Å²) in [5.41, 5.74) is 0. The third-order valence-corrected chi connectivity index (χ3v) is 11.1. The Morgan fingerprint density at radius 1 is 0.534 bits per heavy atom. The zero-order chi connectivity index (χ0) is 42.8. The van der Waals surface area contributed by atoms with Crippen LogP contribution in [0.2, 0.25) is 0 Å². The monoisotopic (exact) mass is 840 g/mol. The van der Waals surface area contributed by atoms with Crippen LogP contribution in [0.5, 0.6) is 0 Å². The van der Waals surface area contributed by atoms with Crippen LogP contribution in [-0.2, 0) is 32.7 Å². The molecule has 0 aliphatic heterocycles. The van der Waals surface area contributed by atoms with E-state index in [1.165, 1.54) is 122 Å². The van der Waals surface area contributed by atoms with Gasteiger partial charge in [0.15, 0.2) is 6.10 Å². The van der Waals surface area contributed by atoms with Gasteiger partial charge in [-0.05, 0) is 64.2 Å². The van der Waals surface area contributed by atoms with Crippen LogP contribution in [0, 0.1) is 0 Å². The Bertz CT molecular complexity index is 1090. The minimum Gasteiger partial charge on any atom is -0.756 e. The topological polar surface area (TPSA) is 111 Å². The van der Waals surface area contributed by atoms with Crippen molar-refractivity contribution in [1.29, 1.82) is 0 Å². The minimum absolute atomic E-state index is 0.0318. The summed E-state index contributed by atoms with van der Waals surface area (Å²) in [4.78, 5) is 37.6. The molecular weight excluding hydrogens is 750 g/mol. The Kier molecular flexibility index (Phi) is 39.4. The van der Waals surface area contributed by atoms with Gasteiger partial charge in [0, 0.05) is 12.8 Å². The average Bonchev–Trinajstić information content (AvgIpc) is 3.17. The number of unbranched alkanes of at least 4 members (excludes halogenated alkanes) is 23. The summed E-state index contributed by atoms with van der Waals surface area (Å²) in [6, 6.07) is 0. The number of carbonyl (C=O) groups is 2. The van der Waals surface area contributed by atoms with Crippen LogP contribution in [0.15, 0.2) is 36.5 Å². The molecule has 10 heteroatoms. The van der Waals surface area contributed by atoms with E-state index in [9.17, 15) is 19.0 Å². The number of likely N-dealkylation sites (N-methyl/N-ethyl adjacent to an activating group) is 1. The zero-order valence-corrected chi connectivity index (χ0v) is 39.1. The van der Waals surface area contributed by atoms with E-state index in [4.69, 9.17) is 18.5 Å². The smallest absolute Gasteiger partial charge is 0.306 e. The summed E-state index contributed by atoms with van der Waals surface area (Å²) in [6.07, 6.45) is 45.9. The number of phosphoric ester groups is 1. The molecule has 0 saturated heterocycles. The lowest BCUT2D eigenvalue weighted by Crippen LogP contribution is -2.37. The van der Waals surface area contributed by atoms with Crippen molar-refractivity contribution in [3.8, 4) is 0 Å². The van der Waals surface area contributed by atoms with Crippen LogP contribution in [0.3, 0.4) is 0 Å². The Morgan fingerprint density at radius 3 is 1.43 bits per heavy atom. The van der Waals surface area contributed by atoms with Crippen LogP contribution in [0.4, 0.5) is 0 Å². The van der Waals surface area contributed by atoms with E-state index in [2.05, 4.69) is 50.3 Å². The Morgan fingerprint density at radius 2 is 0.948 bits per heavy atom. The summed E-state index contributed by atoms with van der Waals surface area (Å²) in [7, 11) is 1.16. The lowest BCUT2D eigenvalue weighted by Gasteiger charge is -2.28. The van der Waals surface area contributed by atoms with E-state index in [1.54, 1.807) is 0 Å². The molecule has 0 rings (SSSR count). The van der Waals surface area contributed by atoms with Gasteiger partial charge in [0.2, 0.25) is 0 Å². The first-order valence-corrected chi connectivity index (χ1v) is 25.2. The molecule has 1 unspecified atom stereocenters. The quantitative estimate of drug-likeness (QED) is 0.0196. The second-order valence-electron chi connectivity index (χ2n) is 17.1. The van der Waals surface area contributed by atoms with Gasteiger partial charge in [-0.2, -0.15) is 0 Å². The van der Waals surface area contributed by atoms with Crippen molar-refractivity contribution < 1.29 is 42.1 Å². The van der Waals surface area contributed by atoms with Crippen LogP contribution < -0.4 is 4.89 Å². The second kappa shape index (κ2) is 40.6. The van der Waals surface area contributed by atoms with Crippen LogP contribution in [0.1, 0.15) is 206 Å². The van der Waals surface area contributed by atoms with Crippen LogP contribution >= 0.6 is 7.82 Å². The fraction of sp³-hybridized carbons (Fsp3) is 0.833. The third-order valence-electron chi connectivity index (χ3n) is 10.1. The fourth-order valence-electron chi connectivity index (χ4n) is 6.37. The van der Waals surface area contributed by atoms with E-state index in [-0.39, 0.29) is 32.0 Å². The van der Waals surface area contributed by atoms with E-state index in [1.807, 2.05) is 21.1 Å². The molecule has 340 valence electrons. The van der Waals surface area contributed by atoms with Crippen molar-refractivity contribution in [2.45, 2.75) is 213 Å². The predicted molar refractivity (Wildman–Crippen MR) is 241 cm³/mol. The Hall–Kier alpha value is -1.77. The molecule has 0 saturated carbocycles. The number of phosphoric acid groups is 1. The average molecular weight is 840 g/mol. The highest BCUT2D eigenvalue weighted by molar-refractivity contribution is 7.45. The van der Waals surface area contributed by atoms with Crippen LogP contribution in [-0.4, -0.2) is 70.0 Å². The highest BCUT2D eigenvalue weighted by Gasteiger charge is 2.21. The lowest BCUT2D eigenvalue weighted by atomic mass is 10.1. The number of quaternary nitrogens is 1. The van der Waals surface area contributed by atoms with Crippen molar-refractivity contribution in [3.63, 3.8) is 0 Å². The number of ether oxygens (including phenoxy) is 2. The zero-order valence-electron chi connectivity index (χ0n) is 38.2. The Balaban J connectivity index is 4.30. The summed E-state index contributed by atoms with van der Waals surface area (Å²) in [5, 5.41) is 0. The molecule has 0 aromatic heterocycles. The second-order valence-corrected chi connectivity index (χ2v) is 18.5. The molecule has 2 atom stereocenters. The molecule has 0 aliphatic rings. The molecule has 0 aromatic rings. The van der Waals surface area contributed by atoms with E-state index in [0.717, 1.165) is 51.4 Å². The normalized spacial score (nSPS) is 13.8. The van der Waals surface area contributed by atoms with Crippen molar-refractivity contribution in [2.24, 2.45) is 0 Å². The largest absolute Gasteiger partial charge is 0.756 e. The number of rotatable bonds is 43. The molecule has 0 aromatic carbocycles. The SMILES string of the molecule is CCCC/C=C/CCCCCCCCCCCC(=O)OC[C@H](COP(=O)([O-])OCC[N+](C)(C)C)OC(=O)CCCCCCCCCCC/C=C/C/C=C/CCCCC. The Labute approximate surface area is 357 Å². The lowest BCUT2D eigenvalue weighted by molar-refractivity contribution is -0.870. The van der Waals surface area contributed by atoms with Crippen molar-refractivity contribution >= 4 is 19.8 Å². The van der Waals surface area contributed by atoms with E-state index in [0.29, 0.717) is 17.4 Å². The van der Waals surface area contributed by atoms with Gasteiger partial charge in [-0.15, -0.1) is 0 Å². The highest BCUT2D eigenvalue weighted by Crippen LogP contribution is 2.38. The van der Waals surface area contributed by atoms with Gasteiger partial charge in [0.05, 0.1) is 27.7 Å². The molecule has 9 nitrogen and oxygen atoms in total. The molecule has 0 N–H and O–H groups in total. The number of carbonyl (C=O) groups excluding carboxylic acids is 2. The molecule has 0 heterocycles. The fourth-order valence-corrected chi connectivity index (χ4v) is 7.10. The minimum atomic E-state index is -4.63. The maximum absolute atomic E-state index is 12.7. The van der Waals surface area contributed by atoms with Crippen molar-refractivity contribution in [2.75, 3.05) is 47.5 Å². The van der Waals surface area contributed by atoms with Gasteiger partial charge < -0.3 is 27.9 Å². The summed E-state index contributed by atoms with van der Waals surface area (Å²) in [6.45, 7) is 4.18. The number of nitrogens with zero attached hydrogens (tertiary/aromatic N) is 1. The van der Waals surface area contributed by atoms with Crippen molar-refractivity contribution in [1.82, 2.24) is 0 Å². The van der Waals surface area contributed by atoms with Gasteiger partial charge in [0.25, 0.3) is 7.82 Å². The number of hydrogen-bond donors (Lipinski definition) is 0. The third kappa shape index (κ3) is 43.8. The van der Waals surface area contributed by atoms with E-state index < -0.39 is 26.5 Å². The first kappa shape index (κ1) is 56.2.